The van der Waals surface area contributed by atoms with E-state index in [1.807, 2.05) is 0 Å². The van der Waals surface area contributed by atoms with Crippen molar-refractivity contribution in [3.8, 4) is 0 Å². The molecule has 0 fully saturated rings. The van der Waals surface area contributed by atoms with Gasteiger partial charge in [0.15, 0.2) is 0 Å². The molecule has 0 aliphatic carbocycles. The first-order chi connectivity index (χ1) is 9.08. The van der Waals surface area contributed by atoms with Crippen LogP contribution in [0.4, 0.5) is 0 Å². The Morgan fingerprint density at radius 2 is 0.842 bits per heavy atom. The summed E-state index contributed by atoms with van der Waals surface area (Å²) in [5, 5.41) is 0. The minimum atomic E-state index is -0.611. The Morgan fingerprint density at radius 3 is 1.05 bits per heavy atom. The number of unbranched alkanes of at least 4 members (excludes halogenated alkanes) is 3. The van der Waals surface area contributed by atoms with Gasteiger partial charge in [-0.3, -0.25) is 0 Å². The van der Waals surface area contributed by atoms with Crippen LogP contribution in [-0.2, 0) is 0 Å². The molecule has 0 radical (unpaired) electrons. The molecule has 114 valence electrons. The van der Waals surface area contributed by atoms with E-state index in [2.05, 4.69) is 41.5 Å². The maximum atomic E-state index is 2.58. The lowest BCUT2D eigenvalue weighted by molar-refractivity contribution is 0.612. The van der Waals surface area contributed by atoms with Crippen molar-refractivity contribution in [3.63, 3.8) is 0 Å². The molecule has 0 saturated carbocycles. The fourth-order valence-electron chi connectivity index (χ4n) is 3.84. The molecule has 0 aromatic heterocycles. The van der Waals surface area contributed by atoms with Crippen LogP contribution in [0.25, 0.3) is 0 Å². The highest BCUT2D eigenvalue weighted by Gasteiger charge is 2.34. The molecule has 0 saturated heterocycles. The third kappa shape index (κ3) is 8.42. The minimum absolute atomic E-state index is 0.611. The van der Waals surface area contributed by atoms with Crippen molar-refractivity contribution in [2.45, 2.75) is 114 Å². The van der Waals surface area contributed by atoms with Gasteiger partial charge in [0.2, 0.25) is 0 Å². The van der Waals surface area contributed by atoms with Crippen molar-refractivity contribution in [2.75, 3.05) is 0 Å². The lowest BCUT2D eigenvalue weighted by Crippen LogP contribution is -2.29. The first-order valence-corrected chi connectivity index (χ1v) is 11.1. The van der Waals surface area contributed by atoms with Gasteiger partial charge >= 0.3 is 0 Å². The summed E-state index contributed by atoms with van der Waals surface area (Å²) in [6, 6.07) is 0. The second kappa shape index (κ2) is 12.3. The highest BCUT2D eigenvalue weighted by Crippen LogP contribution is 2.38. The van der Waals surface area contributed by atoms with Crippen molar-refractivity contribution in [1.29, 1.82) is 0 Å². The Kier molecular flexibility index (Phi) is 12.6. The molecule has 0 heterocycles. The highest BCUT2D eigenvalue weighted by molar-refractivity contribution is 6.63. The molecule has 0 amide bonds. The fourth-order valence-corrected chi connectivity index (χ4v) is 9.07. The van der Waals surface area contributed by atoms with E-state index in [0.29, 0.717) is 0 Å². The molecule has 0 aliphatic rings. The zero-order valence-corrected chi connectivity index (χ0v) is 15.8. The first-order valence-electron chi connectivity index (χ1n) is 9.08. The molecule has 3 atom stereocenters. The van der Waals surface area contributed by atoms with E-state index >= 15 is 0 Å². The summed E-state index contributed by atoms with van der Waals surface area (Å²) < 4.78 is 3.16. The Morgan fingerprint density at radius 1 is 0.579 bits per heavy atom. The second-order valence-electron chi connectivity index (χ2n) is 6.94. The standard InChI is InChI=1S/3C6H13.Al/c3*1-3-5-6-4-2;/h3*3H,4-6H2,1-2H3;. The van der Waals surface area contributed by atoms with E-state index in [1.165, 1.54) is 57.8 Å². The Hall–Kier alpha value is 0.532. The van der Waals surface area contributed by atoms with Gasteiger partial charge in [-0.15, -0.1) is 0 Å². The Balaban J connectivity index is 4.50. The molecule has 1 heteroatoms. The van der Waals surface area contributed by atoms with E-state index < -0.39 is 14.1 Å². The average Bonchev–Trinajstić information content (AvgIpc) is 2.40. The summed E-state index contributed by atoms with van der Waals surface area (Å²) in [4.78, 5) is 0. The molecule has 0 aromatic rings. The molecule has 0 N–H and O–H groups in total. The fraction of sp³-hybridized carbons (Fsp3) is 1.00. The van der Waals surface area contributed by atoms with Crippen molar-refractivity contribution >= 4 is 14.1 Å². The molecule has 3 unspecified atom stereocenters. The summed E-state index contributed by atoms with van der Waals surface area (Å²) in [7, 11) is 0. The Labute approximate surface area is 128 Å². The van der Waals surface area contributed by atoms with E-state index in [9.17, 15) is 0 Å². The number of hydrogen-bond acceptors (Lipinski definition) is 0. The zero-order chi connectivity index (χ0) is 14.7. The van der Waals surface area contributed by atoms with Crippen LogP contribution in [-0.4, -0.2) is 14.1 Å². The van der Waals surface area contributed by atoms with Gasteiger partial charge in [0.1, 0.15) is 0 Å². The zero-order valence-electron chi connectivity index (χ0n) is 14.7. The monoisotopic (exact) mass is 282 g/mol. The van der Waals surface area contributed by atoms with E-state index in [0.717, 1.165) is 14.3 Å². The van der Waals surface area contributed by atoms with Crippen LogP contribution in [0, 0.1) is 0 Å². The molecule has 0 aromatic carbocycles. The van der Waals surface area contributed by atoms with Crippen LogP contribution in [0.5, 0.6) is 0 Å². The summed E-state index contributed by atoms with van der Waals surface area (Å²) in [6.45, 7) is 14.8. The normalized spacial score (nSPS) is 16.1. The van der Waals surface area contributed by atoms with E-state index in [-0.39, 0.29) is 0 Å². The summed E-state index contributed by atoms with van der Waals surface area (Å²) in [5.74, 6) is 0. The average molecular weight is 282 g/mol. The molecule has 0 aliphatic heterocycles. The van der Waals surface area contributed by atoms with Crippen LogP contribution in [0.3, 0.4) is 0 Å². The number of rotatable bonds is 12. The van der Waals surface area contributed by atoms with Gasteiger partial charge in [-0.1, -0.05) is 114 Å². The van der Waals surface area contributed by atoms with Crippen molar-refractivity contribution < 1.29 is 0 Å². The van der Waals surface area contributed by atoms with Crippen LogP contribution >= 0.6 is 0 Å². The SMILES string of the molecule is CCCC[CH](C)[Al]([CH](C)CCCC)[CH](C)CCCC. The maximum Gasteiger partial charge on any atom is 0.271 e. The molecule has 0 spiro atoms. The minimum Gasteiger partial charge on any atom is -0.0845 e. The van der Waals surface area contributed by atoms with Crippen molar-refractivity contribution in [3.05, 3.63) is 0 Å². The summed E-state index contributed by atoms with van der Waals surface area (Å²) >= 11 is -0.611. The molecule has 19 heavy (non-hydrogen) atoms. The van der Waals surface area contributed by atoms with Gasteiger partial charge in [0, 0.05) is 0 Å². The first kappa shape index (κ1) is 19.5. The molecular weight excluding hydrogens is 243 g/mol. The Bertz CT molecular complexity index is 157. The summed E-state index contributed by atoms with van der Waals surface area (Å²) in [5.41, 5.74) is 0. The molecule has 0 bridgehead atoms. The third-order valence-corrected chi connectivity index (χ3v) is 9.95. The van der Waals surface area contributed by atoms with E-state index in [1.54, 1.807) is 0 Å². The smallest absolute Gasteiger partial charge is 0.0845 e. The maximum absolute atomic E-state index is 2.58. The van der Waals surface area contributed by atoms with Gasteiger partial charge in [0.05, 0.1) is 0 Å². The third-order valence-electron chi connectivity index (χ3n) is 5.01. The van der Waals surface area contributed by atoms with E-state index in [4.69, 9.17) is 0 Å². The van der Waals surface area contributed by atoms with Gasteiger partial charge in [-0.05, 0) is 0 Å². The molecule has 0 rings (SSSR count). The van der Waals surface area contributed by atoms with Gasteiger partial charge < -0.3 is 0 Å². The highest BCUT2D eigenvalue weighted by atomic mass is 27.2. The van der Waals surface area contributed by atoms with Crippen molar-refractivity contribution in [1.82, 2.24) is 0 Å². The van der Waals surface area contributed by atoms with Gasteiger partial charge in [0.25, 0.3) is 14.1 Å². The predicted octanol–water partition coefficient (Wildman–Crippen LogP) is 7.22. The lowest BCUT2D eigenvalue weighted by atomic mass is 10.2. The van der Waals surface area contributed by atoms with Crippen molar-refractivity contribution in [2.24, 2.45) is 0 Å². The molecule has 0 nitrogen and oxygen atoms in total. The van der Waals surface area contributed by atoms with Crippen LogP contribution < -0.4 is 0 Å². The van der Waals surface area contributed by atoms with Crippen LogP contribution in [0.2, 0.25) is 14.3 Å². The van der Waals surface area contributed by atoms with Crippen LogP contribution in [0.15, 0.2) is 0 Å². The predicted molar refractivity (Wildman–Crippen MR) is 92.6 cm³/mol. The quantitative estimate of drug-likeness (QED) is 0.331. The lowest BCUT2D eigenvalue weighted by Gasteiger charge is -2.30. The van der Waals surface area contributed by atoms with Crippen LogP contribution in [0.1, 0.15) is 99.3 Å². The number of hydrogen-bond donors (Lipinski definition) is 0. The second-order valence-corrected chi connectivity index (χ2v) is 11.5. The molecular formula is C18H39Al. The van der Waals surface area contributed by atoms with Gasteiger partial charge in [-0.2, -0.15) is 0 Å². The summed E-state index contributed by atoms with van der Waals surface area (Å²) in [6.07, 6.45) is 13.0. The van der Waals surface area contributed by atoms with Gasteiger partial charge in [-0.25, -0.2) is 0 Å². The topological polar surface area (TPSA) is 0 Å². The largest absolute Gasteiger partial charge is 0.271 e.